The van der Waals surface area contributed by atoms with Crippen LogP contribution in [0, 0.1) is 0 Å². The first-order chi connectivity index (χ1) is 16.1. The standard InChI is InChI=1S/C22H19ClN2O.C6H5Cl/c23-15-9-10-18-19(13-15)25-21(26)22(18)11-4-12-24-20(22)17-8-3-6-14-5-1-2-7-16(14)17;7-6-4-2-1-3-5-6/h1-3,5-10,13,20,24H,4,11-12H2,(H,25,26);1-5H/t20?,22-;/m1./s1. The molecule has 2 aliphatic heterocycles. The lowest BCUT2D eigenvalue weighted by Crippen LogP contribution is -2.50. The number of benzene rings is 4. The van der Waals surface area contributed by atoms with Crippen LogP contribution in [-0.4, -0.2) is 12.5 Å². The van der Waals surface area contributed by atoms with Crippen molar-refractivity contribution in [2.75, 3.05) is 11.9 Å². The molecule has 5 heteroatoms. The lowest BCUT2D eigenvalue weighted by molar-refractivity contribution is -0.123. The highest BCUT2D eigenvalue weighted by molar-refractivity contribution is 6.31. The van der Waals surface area contributed by atoms with Crippen molar-refractivity contribution in [2.45, 2.75) is 24.3 Å². The van der Waals surface area contributed by atoms with Crippen LogP contribution in [0.5, 0.6) is 0 Å². The fourth-order valence-electron chi connectivity index (χ4n) is 5.12. The predicted octanol–water partition coefficient (Wildman–Crippen LogP) is 7.15. The number of nitrogens with one attached hydrogen (secondary N) is 2. The van der Waals surface area contributed by atoms with Crippen molar-refractivity contribution in [3.05, 3.63) is 112 Å². The second-order valence-electron chi connectivity index (χ2n) is 8.47. The Morgan fingerprint density at radius 2 is 1.58 bits per heavy atom. The maximum absolute atomic E-state index is 13.2. The van der Waals surface area contributed by atoms with Crippen molar-refractivity contribution < 1.29 is 4.79 Å². The first-order valence-corrected chi connectivity index (χ1v) is 11.9. The average molecular weight is 475 g/mol. The second kappa shape index (κ2) is 9.18. The highest BCUT2D eigenvalue weighted by Crippen LogP contribution is 2.51. The predicted molar refractivity (Wildman–Crippen MR) is 137 cm³/mol. The molecule has 1 amide bonds. The van der Waals surface area contributed by atoms with Gasteiger partial charge in [-0.05, 0) is 65.6 Å². The van der Waals surface area contributed by atoms with Crippen LogP contribution in [0.1, 0.15) is 30.0 Å². The van der Waals surface area contributed by atoms with Crippen molar-refractivity contribution in [2.24, 2.45) is 0 Å². The fraction of sp³-hybridized carbons (Fsp3) is 0.179. The number of hydrogen-bond acceptors (Lipinski definition) is 2. The molecular weight excluding hydrogens is 451 g/mol. The minimum absolute atomic E-state index is 0.0650. The van der Waals surface area contributed by atoms with E-state index in [9.17, 15) is 4.79 Å². The molecule has 2 atom stereocenters. The third-order valence-corrected chi connectivity index (χ3v) is 7.06. The Morgan fingerprint density at radius 3 is 2.36 bits per heavy atom. The summed E-state index contributed by atoms with van der Waals surface area (Å²) in [6.07, 6.45) is 1.80. The van der Waals surface area contributed by atoms with Gasteiger partial charge >= 0.3 is 0 Å². The van der Waals surface area contributed by atoms with E-state index < -0.39 is 5.41 Å². The van der Waals surface area contributed by atoms with Gasteiger partial charge in [0.25, 0.3) is 0 Å². The van der Waals surface area contributed by atoms with Crippen LogP contribution < -0.4 is 10.6 Å². The summed E-state index contributed by atoms with van der Waals surface area (Å²) < 4.78 is 0. The smallest absolute Gasteiger partial charge is 0.237 e. The number of halogens is 2. The molecule has 0 aromatic heterocycles. The molecule has 3 nitrogen and oxygen atoms in total. The Kier molecular flexibility index (Phi) is 6.11. The van der Waals surface area contributed by atoms with Gasteiger partial charge in [-0.1, -0.05) is 89.9 Å². The number of piperidine rings is 1. The fourth-order valence-corrected chi connectivity index (χ4v) is 5.44. The first-order valence-electron chi connectivity index (χ1n) is 11.1. The molecule has 6 rings (SSSR count). The van der Waals surface area contributed by atoms with Crippen molar-refractivity contribution in [3.8, 4) is 0 Å². The van der Waals surface area contributed by atoms with E-state index in [0.717, 1.165) is 35.7 Å². The third-order valence-electron chi connectivity index (χ3n) is 6.57. The number of anilines is 1. The lowest BCUT2D eigenvalue weighted by atomic mass is 9.67. The molecule has 4 aromatic carbocycles. The van der Waals surface area contributed by atoms with E-state index in [2.05, 4.69) is 53.1 Å². The van der Waals surface area contributed by atoms with Gasteiger partial charge in [-0.15, -0.1) is 0 Å². The van der Waals surface area contributed by atoms with Gasteiger partial charge in [0.1, 0.15) is 0 Å². The van der Waals surface area contributed by atoms with E-state index in [-0.39, 0.29) is 11.9 Å². The molecule has 1 unspecified atom stereocenters. The van der Waals surface area contributed by atoms with Crippen molar-refractivity contribution in [1.82, 2.24) is 5.32 Å². The summed E-state index contributed by atoms with van der Waals surface area (Å²) in [6, 6.07) is 29.9. The van der Waals surface area contributed by atoms with E-state index in [1.807, 2.05) is 48.5 Å². The first kappa shape index (κ1) is 22.0. The van der Waals surface area contributed by atoms with E-state index in [4.69, 9.17) is 23.2 Å². The Balaban J connectivity index is 0.000000281. The van der Waals surface area contributed by atoms with Crippen LogP contribution in [0.3, 0.4) is 0 Å². The van der Waals surface area contributed by atoms with Crippen molar-refractivity contribution in [3.63, 3.8) is 0 Å². The van der Waals surface area contributed by atoms with E-state index in [1.54, 1.807) is 0 Å². The second-order valence-corrected chi connectivity index (χ2v) is 9.34. The number of carbonyl (C=O) groups excluding carboxylic acids is 1. The van der Waals surface area contributed by atoms with Gasteiger partial charge in [-0.25, -0.2) is 0 Å². The molecule has 1 fully saturated rings. The minimum Gasteiger partial charge on any atom is -0.325 e. The Bertz CT molecular complexity index is 1300. The normalized spacial score (nSPS) is 21.3. The average Bonchev–Trinajstić information content (AvgIpc) is 3.10. The highest BCUT2D eigenvalue weighted by atomic mass is 35.5. The Morgan fingerprint density at radius 1 is 0.818 bits per heavy atom. The van der Waals surface area contributed by atoms with Crippen LogP contribution in [-0.2, 0) is 10.2 Å². The molecule has 166 valence electrons. The summed E-state index contributed by atoms with van der Waals surface area (Å²) in [7, 11) is 0. The molecule has 0 saturated carbocycles. The topological polar surface area (TPSA) is 41.1 Å². The number of fused-ring (bicyclic) bond motifs is 3. The summed E-state index contributed by atoms with van der Waals surface area (Å²) in [5.74, 6) is 0.0694. The molecule has 0 aliphatic carbocycles. The number of carbonyl (C=O) groups is 1. The van der Waals surface area contributed by atoms with Crippen LogP contribution in [0.15, 0.2) is 91.0 Å². The summed E-state index contributed by atoms with van der Waals surface area (Å²) in [6.45, 7) is 0.909. The molecule has 4 aromatic rings. The molecule has 1 spiro atoms. The SMILES string of the molecule is Clc1ccccc1.O=C1Nc2cc(Cl)ccc2[C@@]12CCCNC2c1cccc2ccccc12. The summed E-state index contributed by atoms with van der Waals surface area (Å²) in [4.78, 5) is 13.2. The van der Waals surface area contributed by atoms with Gasteiger partial charge in [0.15, 0.2) is 0 Å². The van der Waals surface area contributed by atoms with Gasteiger partial charge in [-0.2, -0.15) is 0 Å². The Hall–Kier alpha value is -2.85. The maximum Gasteiger partial charge on any atom is 0.237 e. The van der Waals surface area contributed by atoms with E-state index in [0.29, 0.717) is 5.02 Å². The molecule has 33 heavy (non-hydrogen) atoms. The van der Waals surface area contributed by atoms with E-state index in [1.165, 1.54) is 16.3 Å². The lowest BCUT2D eigenvalue weighted by Gasteiger charge is -2.41. The maximum atomic E-state index is 13.2. The van der Waals surface area contributed by atoms with Gasteiger partial charge in [0.2, 0.25) is 5.91 Å². The summed E-state index contributed by atoms with van der Waals surface area (Å²) >= 11 is 11.7. The summed E-state index contributed by atoms with van der Waals surface area (Å²) in [5.41, 5.74) is 2.48. The quantitative estimate of drug-likeness (QED) is 0.307. The van der Waals surface area contributed by atoms with Crippen molar-refractivity contribution >= 4 is 45.6 Å². The molecule has 1 saturated heterocycles. The third kappa shape index (κ3) is 4.02. The largest absolute Gasteiger partial charge is 0.325 e. The zero-order valence-corrected chi connectivity index (χ0v) is 19.5. The van der Waals surface area contributed by atoms with Crippen LogP contribution >= 0.6 is 23.2 Å². The molecule has 2 aliphatic rings. The van der Waals surface area contributed by atoms with Crippen molar-refractivity contribution in [1.29, 1.82) is 0 Å². The molecule has 0 radical (unpaired) electrons. The molecule has 0 bridgehead atoms. The van der Waals surface area contributed by atoms with Gasteiger partial charge in [-0.3, -0.25) is 4.79 Å². The van der Waals surface area contributed by atoms with E-state index >= 15 is 0 Å². The zero-order chi connectivity index (χ0) is 22.8. The molecule has 2 N–H and O–H groups in total. The van der Waals surface area contributed by atoms with Crippen LogP contribution in [0.2, 0.25) is 10.0 Å². The summed E-state index contributed by atoms with van der Waals surface area (Å²) in [5, 5.41) is 10.6. The van der Waals surface area contributed by atoms with Gasteiger partial charge in [0.05, 0.1) is 11.5 Å². The van der Waals surface area contributed by atoms with Gasteiger partial charge in [0, 0.05) is 15.7 Å². The molecular formula is C28H24Cl2N2O. The number of hydrogen-bond donors (Lipinski definition) is 2. The van der Waals surface area contributed by atoms with Gasteiger partial charge < -0.3 is 10.6 Å². The number of amides is 1. The molecule has 2 heterocycles. The van der Waals surface area contributed by atoms with Crippen LogP contribution in [0.4, 0.5) is 5.69 Å². The highest BCUT2D eigenvalue weighted by Gasteiger charge is 2.54. The number of rotatable bonds is 1. The monoisotopic (exact) mass is 474 g/mol. The van der Waals surface area contributed by atoms with Crippen LogP contribution in [0.25, 0.3) is 10.8 Å². The zero-order valence-electron chi connectivity index (χ0n) is 18.0. The Labute approximate surface area is 203 Å². The minimum atomic E-state index is -0.595.